The van der Waals surface area contributed by atoms with E-state index in [2.05, 4.69) is 10.1 Å². The van der Waals surface area contributed by atoms with Crippen LogP contribution in [0.2, 0.25) is 0 Å². The summed E-state index contributed by atoms with van der Waals surface area (Å²) in [5, 5.41) is 4.36. The summed E-state index contributed by atoms with van der Waals surface area (Å²) in [5.41, 5.74) is 3.44. The second-order valence-electron chi connectivity index (χ2n) is 4.49. The lowest BCUT2D eigenvalue weighted by atomic mass is 10.0. The first kappa shape index (κ1) is 15.8. The minimum atomic E-state index is 0.0117. The number of aromatic nitrogens is 2. The molecule has 1 rings (SSSR count). The van der Waals surface area contributed by atoms with Gasteiger partial charge in [0.25, 0.3) is 0 Å². The molecule has 4 nitrogen and oxygen atoms in total. The maximum absolute atomic E-state index is 11.5. The standard InChI is InChI=1S/C16H21N3O/c1-6-14(16-9-10-19(5)18-16)8-7-12(2)15(11-17-4)13(3)20/h6-11H,1-5H3/b8-7-,14-6+,15-12-,17-11-. The molecule has 20 heavy (non-hydrogen) atoms. The van der Waals surface area contributed by atoms with Crippen LogP contribution >= 0.6 is 0 Å². The first-order valence-electron chi connectivity index (χ1n) is 6.48. The predicted molar refractivity (Wildman–Crippen MR) is 83.8 cm³/mol. The number of aliphatic imine (C=N–C) groups is 1. The summed E-state index contributed by atoms with van der Waals surface area (Å²) in [6.45, 7) is 5.41. The average Bonchev–Trinajstić information content (AvgIpc) is 2.82. The van der Waals surface area contributed by atoms with Gasteiger partial charge in [-0.05, 0) is 38.0 Å². The van der Waals surface area contributed by atoms with Gasteiger partial charge in [0.2, 0.25) is 0 Å². The van der Waals surface area contributed by atoms with Crippen molar-refractivity contribution < 1.29 is 4.79 Å². The Morgan fingerprint density at radius 2 is 2.05 bits per heavy atom. The van der Waals surface area contributed by atoms with Crippen LogP contribution in [0.4, 0.5) is 0 Å². The smallest absolute Gasteiger partial charge is 0.161 e. The van der Waals surface area contributed by atoms with Crippen LogP contribution in [0.25, 0.3) is 5.57 Å². The Morgan fingerprint density at radius 1 is 1.35 bits per heavy atom. The molecule has 0 unspecified atom stereocenters. The Kier molecular flexibility index (Phi) is 5.84. The lowest BCUT2D eigenvalue weighted by Crippen LogP contribution is -2.00. The first-order valence-corrected chi connectivity index (χ1v) is 6.48. The number of hydrogen-bond donors (Lipinski definition) is 0. The SMILES string of the molecule is C\C=C(/C=C\C(C)=C(\C=N/C)C(C)=O)c1ccn(C)n1. The monoisotopic (exact) mass is 271 g/mol. The van der Waals surface area contributed by atoms with Gasteiger partial charge in [0.05, 0.1) is 5.69 Å². The van der Waals surface area contributed by atoms with Crippen LogP contribution in [0.5, 0.6) is 0 Å². The number of aryl methyl sites for hydroxylation is 1. The van der Waals surface area contributed by atoms with Crippen molar-refractivity contribution in [3.8, 4) is 0 Å². The number of rotatable bonds is 5. The molecule has 0 radical (unpaired) electrons. The number of allylic oxidation sites excluding steroid dienone is 6. The minimum Gasteiger partial charge on any atom is -0.296 e. The van der Waals surface area contributed by atoms with Crippen molar-refractivity contribution in [2.75, 3.05) is 7.05 Å². The van der Waals surface area contributed by atoms with Gasteiger partial charge in [-0.15, -0.1) is 0 Å². The summed E-state index contributed by atoms with van der Waals surface area (Å²) in [6, 6.07) is 1.96. The van der Waals surface area contributed by atoms with E-state index in [1.165, 1.54) is 0 Å². The molecule has 1 heterocycles. The maximum atomic E-state index is 11.5. The van der Waals surface area contributed by atoms with Crippen molar-refractivity contribution in [2.24, 2.45) is 12.0 Å². The van der Waals surface area contributed by atoms with Crippen molar-refractivity contribution >= 4 is 17.6 Å². The van der Waals surface area contributed by atoms with E-state index in [-0.39, 0.29) is 5.78 Å². The van der Waals surface area contributed by atoms with Gasteiger partial charge in [0, 0.05) is 32.1 Å². The predicted octanol–water partition coefficient (Wildman–Crippen LogP) is 2.99. The van der Waals surface area contributed by atoms with Crippen LogP contribution in [0.1, 0.15) is 26.5 Å². The van der Waals surface area contributed by atoms with Gasteiger partial charge in [-0.25, -0.2) is 0 Å². The second-order valence-corrected chi connectivity index (χ2v) is 4.49. The third kappa shape index (κ3) is 4.16. The Balaban J connectivity index is 3.06. The average molecular weight is 271 g/mol. The molecule has 0 aliphatic rings. The van der Waals surface area contributed by atoms with Crippen molar-refractivity contribution in [3.63, 3.8) is 0 Å². The van der Waals surface area contributed by atoms with Gasteiger partial charge >= 0.3 is 0 Å². The van der Waals surface area contributed by atoms with Crippen LogP contribution < -0.4 is 0 Å². The summed E-state index contributed by atoms with van der Waals surface area (Å²) in [7, 11) is 3.54. The number of Topliss-reactive ketones (excluding diaryl/α,β-unsaturated/α-hetero) is 1. The van der Waals surface area contributed by atoms with E-state index in [9.17, 15) is 4.79 Å². The molecule has 0 saturated heterocycles. The van der Waals surface area contributed by atoms with Crippen LogP contribution in [0.3, 0.4) is 0 Å². The van der Waals surface area contributed by atoms with Crippen LogP contribution in [0.15, 0.2) is 46.6 Å². The summed E-state index contributed by atoms with van der Waals surface area (Å²) < 4.78 is 1.76. The fraction of sp³-hybridized carbons (Fsp3) is 0.312. The molecule has 0 amide bonds. The molecule has 0 atom stereocenters. The lowest BCUT2D eigenvalue weighted by molar-refractivity contribution is -0.113. The van der Waals surface area contributed by atoms with Gasteiger partial charge in [-0.2, -0.15) is 5.10 Å². The highest BCUT2D eigenvalue weighted by Gasteiger charge is 2.04. The Bertz CT molecular complexity index is 601. The zero-order valence-corrected chi connectivity index (χ0v) is 12.7. The minimum absolute atomic E-state index is 0.0117. The van der Waals surface area contributed by atoms with Crippen LogP contribution in [-0.4, -0.2) is 28.8 Å². The third-order valence-electron chi connectivity index (χ3n) is 2.90. The van der Waals surface area contributed by atoms with Crippen molar-refractivity contribution in [1.29, 1.82) is 0 Å². The van der Waals surface area contributed by atoms with Crippen LogP contribution in [-0.2, 0) is 11.8 Å². The van der Waals surface area contributed by atoms with Crippen molar-refractivity contribution in [3.05, 3.63) is 47.3 Å². The molecule has 0 saturated carbocycles. The summed E-state index contributed by atoms with van der Waals surface area (Å²) in [5.74, 6) is 0.0117. The molecule has 106 valence electrons. The van der Waals surface area contributed by atoms with E-state index < -0.39 is 0 Å². The van der Waals surface area contributed by atoms with Gasteiger partial charge in [0.15, 0.2) is 5.78 Å². The second kappa shape index (κ2) is 7.38. The van der Waals surface area contributed by atoms with E-state index in [1.807, 2.05) is 51.4 Å². The third-order valence-corrected chi connectivity index (χ3v) is 2.90. The van der Waals surface area contributed by atoms with Gasteiger partial charge in [0.1, 0.15) is 0 Å². The topological polar surface area (TPSA) is 47.2 Å². The molecular formula is C16H21N3O. The van der Waals surface area contributed by atoms with E-state index in [0.717, 1.165) is 16.8 Å². The number of carbonyl (C=O) groups excluding carboxylic acids is 1. The highest BCUT2D eigenvalue weighted by molar-refractivity contribution is 6.13. The number of ketones is 1. The van der Waals surface area contributed by atoms with E-state index >= 15 is 0 Å². The molecule has 0 aromatic carbocycles. The Morgan fingerprint density at radius 3 is 2.50 bits per heavy atom. The van der Waals surface area contributed by atoms with Gasteiger partial charge < -0.3 is 0 Å². The molecule has 0 bridgehead atoms. The molecule has 0 aliphatic heterocycles. The van der Waals surface area contributed by atoms with E-state index in [4.69, 9.17) is 0 Å². The first-order chi connectivity index (χ1) is 9.49. The molecule has 0 aliphatic carbocycles. The van der Waals surface area contributed by atoms with E-state index in [0.29, 0.717) is 5.57 Å². The zero-order chi connectivity index (χ0) is 15.1. The highest BCUT2D eigenvalue weighted by Crippen LogP contribution is 2.15. The Labute approximate surface area is 120 Å². The molecule has 0 fully saturated rings. The number of hydrogen-bond acceptors (Lipinski definition) is 3. The fourth-order valence-electron chi connectivity index (χ4n) is 1.80. The summed E-state index contributed by atoms with van der Waals surface area (Å²) in [6.07, 6.45) is 9.37. The van der Waals surface area contributed by atoms with Gasteiger partial charge in [-0.1, -0.05) is 18.2 Å². The summed E-state index contributed by atoms with van der Waals surface area (Å²) >= 11 is 0. The summed E-state index contributed by atoms with van der Waals surface area (Å²) in [4.78, 5) is 15.5. The maximum Gasteiger partial charge on any atom is 0.161 e. The highest BCUT2D eigenvalue weighted by atomic mass is 16.1. The van der Waals surface area contributed by atoms with Crippen molar-refractivity contribution in [2.45, 2.75) is 20.8 Å². The molecular weight excluding hydrogens is 250 g/mol. The molecule has 4 heteroatoms. The number of nitrogens with zero attached hydrogens (tertiary/aromatic N) is 3. The fourth-order valence-corrected chi connectivity index (χ4v) is 1.80. The number of carbonyl (C=O) groups is 1. The van der Waals surface area contributed by atoms with Crippen LogP contribution in [0, 0.1) is 0 Å². The van der Waals surface area contributed by atoms with Gasteiger partial charge in [-0.3, -0.25) is 14.5 Å². The molecule has 0 spiro atoms. The largest absolute Gasteiger partial charge is 0.296 e. The Hall–Kier alpha value is -2.23. The zero-order valence-electron chi connectivity index (χ0n) is 12.7. The normalized spacial score (nSPS) is 14.2. The van der Waals surface area contributed by atoms with E-state index in [1.54, 1.807) is 24.9 Å². The molecule has 0 N–H and O–H groups in total. The molecule has 1 aromatic rings. The van der Waals surface area contributed by atoms with Crippen molar-refractivity contribution in [1.82, 2.24) is 9.78 Å². The lowest BCUT2D eigenvalue weighted by Gasteiger charge is -2.01. The molecule has 1 aromatic heterocycles. The quantitative estimate of drug-likeness (QED) is 0.469.